The highest BCUT2D eigenvalue weighted by Crippen LogP contribution is 2.28. The van der Waals surface area contributed by atoms with Gasteiger partial charge in [0, 0.05) is 13.1 Å². The first kappa shape index (κ1) is 18.1. The van der Waals surface area contributed by atoms with Crippen LogP contribution in [-0.2, 0) is 20.2 Å². The summed E-state index contributed by atoms with van der Waals surface area (Å²) in [7, 11) is -3.51. The van der Waals surface area contributed by atoms with Crippen LogP contribution in [0.4, 0.5) is 0 Å². The number of sulfonamides is 1. The van der Waals surface area contributed by atoms with Gasteiger partial charge in [0.25, 0.3) is 0 Å². The molecule has 1 heterocycles. The van der Waals surface area contributed by atoms with Crippen molar-refractivity contribution in [3.05, 3.63) is 65.7 Å². The van der Waals surface area contributed by atoms with Crippen LogP contribution in [0.5, 0.6) is 0 Å². The first-order valence-corrected chi connectivity index (χ1v) is 10.00. The van der Waals surface area contributed by atoms with E-state index < -0.39 is 10.0 Å². The van der Waals surface area contributed by atoms with Crippen LogP contribution in [0.2, 0.25) is 0 Å². The molecule has 5 heteroatoms. The van der Waals surface area contributed by atoms with Gasteiger partial charge in [0.2, 0.25) is 10.0 Å². The van der Waals surface area contributed by atoms with Crippen LogP contribution in [0.25, 0.3) is 0 Å². The number of benzene rings is 2. The summed E-state index contributed by atoms with van der Waals surface area (Å²) in [6, 6.07) is 17.0. The zero-order valence-corrected chi connectivity index (χ0v) is 15.8. The van der Waals surface area contributed by atoms with Crippen molar-refractivity contribution in [3.8, 4) is 0 Å². The van der Waals surface area contributed by atoms with Crippen LogP contribution in [0.15, 0.2) is 59.5 Å². The molecule has 1 aliphatic rings. The third-order valence-corrected chi connectivity index (χ3v) is 6.44. The van der Waals surface area contributed by atoms with Crippen LogP contribution >= 0.6 is 0 Å². The van der Waals surface area contributed by atoms with Gasteiger partial charge in [-0.15, -0.1) is 0 Å². The standard InChI is InChI=1S/C20H25NO3S/c1-20(2,3)17-9-11-18(12-10-17)25(22,23)21-13-14-24-19(15-21)16-7-5-4-6-8-16/h4-12,19H,13-15H2,1-3H3/t19-/m1/s1. The lowest BCUT2D eigenvalue weighted by Crippen LogP contribution is -2.42. The molecule has 2 aromatic carbocycles. The van der Waals surface area contributed by atoms with Crippen molar-refractivity contribution in [2.75, 3.05) is 19.7 Å². The molecule has 0 aromatic heterocycles. The number of hydrogen-bond acceptors (Lipinski definition) is 3. The summed E-state index contributed by atoms with van der Waals surface area (Å²) in [6.45, 7) is 7.47. The van der Waals surface area contributed by atoms with Crippen molar-refractivity contribution >= 4 is 10.0 Å². The lowest BCUT2D eigenvalue weighted by atomic mass is 9.87. The molecule has 4 nitrogen and oxygen atoms in total. The number of rotatable bonds is 3. The van der Waals surface area contributed by atoms with Gasteiger partial charge >= 0.3 is 0 Å². The summed E-state index contributed by atoms with van der Waals surface area (Å²) in [5, 5.41) is 0. The van der Waals surface area contributed by atoms with Gasteiger partial charge in [-0.1, -0.05) is 63.2 Å². The van der Waals surface area contributed by atoms with Crippen molar-refractivity contribution in [3.63, 3.8) is 0 Å². The minimum absolute atomic E-state index is 0.000336. The van der Waals surface area contributed by atoms with Crippen molar-refractivity contribution in [2.45, 2.75) is 37.2 Å². The second-order valence-corrected chi connectivity index (χ2v) is 9.35. The molecule has 25 heavy (non-hydrogen) atoms. The van der Waals surface area contributed by atoms with Crippen LogP contribution in [0, 0.1) is 0 Å². The van der Waals surface area contributed by atoms with Crippen molar-refractivity contribution in [1.29, 1.82) is 0 Å². The van der Waals surface area contributed by atoms with E-state index in [1.165, 1.54) is 4.31 Å². The predicted octanol–water partition coefficient (Wildman–Crippen LogP) is 3.75. The minimum Gasteiger partial charge on any atom is -0.371 e. The highest BCUT2D eigenvalue weighted by molar-refractivity contribution is 7.89. The Morgan fingerprint density at radius 1 is 1.00 bits per heavy atom. The Balaban J connectivity index is 1.82. The van der Waals surface area contributed by atoms with E-state index >= 15 is 0 Å². The SMILES string of the molecule is CC(C)(C)c1ccc(S(=O)(=O)N2CCO[C@@H](c3ccccc3)C2)cc1. The maximum absolute atomic E-state index is 13.0. The number of ether oxygens (including phenoxy) is 1. The zero-order valence-electron chi connectivity index (χ0n) is 15.0. The van der Waals surface area contributed by atoms with Gasteiger partial charge in [-0.25, -0.2) is 8.42 Å². The summed E-state index contributed by atoms with van der Waals surface area (Å²) >= 11 is 0. The van der Waals surface area contributed by atoms with E-state index in [0.717, 1.165) is 11.1 Å². The summed E-state index contributed by atoms with van der Waals surface area (Å²) < 4.78 is 33.3. The van der Waals surface area contributed by atoms with Crippen LogP contribution in [0.1, 0.15) is 38.0 Å². The highest BCUT2D eigenvalue weighted by atomic mass is 32.2. The van der Waals surface area contributed by atoms with Crippen molar-refractivity contribution < 1.29 is 13.2 Å². The molecule has 0 amide bonds. The number of hydrogen-bond donors (Lipinski definition) is 0. The van der Waals surface area contributed by atoms with Gasteiger partial charge in [-0.2, -0.15) is 4.31 Å². The third-order valence-electron chi connectivity index (χ3n) is 4.56. The van der Waals surface area contributed by atoms with Crippen LogP contribution in [-0.4, -0.2) is 32.4 Å². The lowest BCUT2D eigenvalue weighted by molar-refractivity contribution is -0.00255. The van der Waals surface area contributed by atoms with Gasteiger partial charge in [-0.05, 0) is 28.7 Å². The molecule has 1 fully saturated rings. The molecule has 3 rings (SSSR count). The van der Waals surface area contributed by atoms with E-state index in [4.69, 9.17) is 4.74 Å². The van der Waals surface area contributed by atoms with Crippen molar-refractivity contribution in [2.24, 2.45) is 0 Å². The lowest BCUT2D eigenvalue weighted by Gasteiger charge is -2.32. The Hall–Kier alpha value is -1.69. The maximum atomic E-state index is 13.0. The van der Waals surface area contributed by atoms with Gasteiger partial charge in [0.05, 0.1) is 17.6 Å². The zero-order chi connectivity index (χ0) is 18.1. The number of nitrogens with zero attached hydrogens (tertiary/aromatic N) is 1. The van der Waals surface area contributed by atoms with E-state index in [2.05, 4.69) is 20.8 Å². The summed E-state index contributed by atoms with van der Waals surface area (Å²) in [6.07, 6.45) is -0.224. The van der Waals surface area contributed by atoms with Gasteiger partial charge in [0.15, 0.2) is 0 Å². The van der Waals surface area contributed by atoms with Crippen LogP contribution in [0.3, 0.4) is 0 Å². The molecular formula is C20H25NO3S. The molecule has 1 aliphatic heterocycles. The molecule has 0 saturated carbocycles. The molecule has 0 radical (unpaired) electrons. The fraction of sp³-hybridized carbons (Fsp3) is 0.400. The minimum atomic E-state index is -3.51. The van der Waals surface area contributed by atoms with Gasteiger partial charge < -0.3 is 4.74 Å². The Bertz CT molecular complexity index is 808. The van der Waals surface area contributed by atoms with Crippen LogP contribution < -0.4 is 0 Å². The monoisotopic (exact) mass is 359 g/mol. The molecule has 0 aliphatic carbocycles. The van der Waals surface area contributed by atoms with E-state index in [0.29, 0.717) is 24.6 Å². The Morgan fingerprint density at radius 2 is 1.64 bits per heavy atom. The predicted molar refractivity (Wildman–Crippen MR) is 99.0 cm³/mol. The first-order valence-electron chi connectivity index (χ1n) is 8.56. The Labute approximate surface area is 150 Å². The second-order valence-electron chi connectivity index (χ2n) is 7.41. The molecule has 1 saturated heterocycles. The summed E-state index contributed by atoms with van der Waals surface area (Å²) in [5.74, 6) is 0. The topological polar surface area (TPSA) is 46.6 Å². The quantitative estimate of drug-likeness (QED) is 0.838. The van der Waals surface area contributed by atoms with Gasteiger partial charge in [-0.3, -0.25) is 0 Å². The van der Waals surface area contributed by atoms with E-state index in [1.54, 1.807) is 12.1 Å². The summed E-state index contributed by atoms with van der Waals surface area (Å²) in [5.41, 5.74) is 2.13. The fourth-order valence-electron chi connectivity index (χ4n) is 2.99. The molecule has 0 N–H and O–H groups in total. The Morgan fingerprint density at radius 3 is 2.24 bits per heavy atom. The van der Waals surface area contributed by atoms with Crippen molar-refractivity contribution in [1.82, 2.24) is 4.31 Å². The highest BCUT2D eigenvalue weighted by Gasteiger charge is 2.31. The maximum Gasteiger partial charge on any atom is 0.243 e. The molecule has 0 bridgehead atoms. The average Bonchev–Trinajstić information content (AvgIpc) is 2.62. The smallest absolute Gasteiger partial charge is 0.243 e. The number of morpholine rings is 1. The molecular weight excluding hydrogens is 334 g/mol. The van der Waals surface area contributed by atoms with E-state index in [-0.39, 0.29) is 11.5 Å². The molecule has 134 valence electrons. The molecule has 0 spiro atoms. The molecule has 0 unspecified atom stereocenters. The van der Waals surface area contributed by atoms with Gasteiger partial charge in [0.1, 0.15) is 0 Å². The fourth-order valence-corrected chi connectivity index (χ4v) is 4.41. The summed E-state index contributed by atoms with van der Waals surface area (Å²) in [4.78, 5) is 0.342. The normalized spacial score (nSPS) is 19.7. The average molecular weight is 359 g/mol. The Kier molecular flexibility index (Phi) is 5.00. The molecule has 2 aromatic rings. The molecule has 1 atom stereocenters. The van der Waals surface area contributed by atoms with E-state index in [1.807, 2.05) is 42.5 Å². The third kappa shape index (κ3) is 3.94. The van der Waals surface area contributed by atoms with E-state index in [9.17, 15) is 8.42 Å². The largest absolute Gasteiger partial charge is 0.371 e. The second kappa shape index (κ2) is 6.90. The first-order chi connectivity index (χ1) is 11.8.